The van der Waals surface area contributed by atoms with Crippen LogP contribution in [0.25, 0.3) is 0 Å². The molecular weight excluding hydrogens is 420 g/mol. The molecule has 4 rings (SSSR count). The summed E-state index contributed by atoms with van der Waals surface area (Å²) in [4.78, 5) is 3.93. The summed E-state index contributed by atoms with van der Waals surface area (Å²) in [6.07, 6.45) is 5.78. The van der Waals surface area contributed by atoms with E-state index < -0.39 is 10.0 Å². The van der Waals surface area contributed by atoms with Gasteiger partial charge in [-0.25, -0.2) is 18.1 Å². The molecule has 0 bridgehead atoms. The van der Waals surface area contributed by atoms with Gasteiger partial charge in [0.25, 0.3) is 10.0 Å². The van der Waals surface area contributed by atoms with E-state index in [1.807, 2.05) is 24.3 Å². The Balaban J connectivity index is 0.00000256. The number of rotatable bonds is 6. The highest BCUT2D eigenvalue weighted by Crippen LogP contribution is 2.34. The molecule has 0 spiro atoms. The molecule has 0 radical (unpaired) electrons. The minimum atomic E-state index is -3.64. The highest BCUT2D eigenvalue weighted by atomic mass is 35.5. The lowest BCUT2D eigenvalue weighted by atomic mass is 9.76. The summed E-state index contributed by atoms with van der Waals surface area (Å²) in [5.41, 5.74) is 11.2. The molecule has 0 aliphatic heterocycles. The van der Waals surface area contributed by atoms with Gasteiger partial charge in [-0.1, -0.05) is 48.5 Å². The molecule has 0 saturated heterocycles. The molecular formula is C22H27ClN4O2S. The van der Waals surface area contributed by atoms with E-state index in [1.165, 1.54) is 29.2 Å². The van der Waals surface area contributed by atoms with E-state index in [4.69, 9.17) is 5.73 Å². The van der Waals surface area contributed by atoms with Crippen molar-refractivity contribution < 1.29 is 8.42 Å². The number of hydrogen-bond acceptors (Lipinski definition) is 4. The third kappa shape index (κ3) is 4.92. The predicted molar refractivity (Wildman–Crippen MR) is 120 cm³/mol. The van der Waals surface area contributed by atoms with Gasteiger partial charge in [-0.3, -0.25) is 0 Å². The van der Waals surface area contributed by atoms with E-state index in [9.17, 15) is 8.42 Å². The maximum Gasteiger partial charge on any atom is 0.259 e. The molecule has 0 saturated carbocycles. The molecule has 1 heterocycles. The number of benzene rings is 2. The Labute approximate surface area is 184 Å². The molecule has 2 unspecified atom stereocenters. The van der Waals surface area contributed by atoms with E-state index in [-0.39, 0.29) is 35.9 Å². The number of hydrogen-bond donors (Lipinski definition) is 2. The van der Waals surface area contributed by atoms with Gasteiger partial charge in [-0.15, -0.1) is 12.4 Å². The molecule has 2 atom stereocenters. The van der Waals surface area contributed by atoms with E-state index in [0.717, 1.165) is 24.8 Å². The fourth-order valence-electron chi connectivity index (χ4n) is 3.99. The molecule has 1 aromatic heterocycles. The van der Waals surface area contributed by atoms with Gasteiger partial charge in [-0.2, -0.15) is 0 Å². The standard InChI is InChI=1S/C22H26N4O2S.ClH/c1-26-14-22(24-15-26)29(27,28)25-13-17-7-8-18-9-10-21(23)20(19(18)12-17)11-16-5-3-2-4-6-16;/h2-8,12,14-15,20-21,25H,9-11,13,23H2,1H3;1H. The van der Waals surface area contributed by atoms with E-state index in [1.54, 1.807) is 11.6 Å². The lowest BCUT2D eigenvalue weighted by Crippen LogP contribution is -2.34. The van der Waals surface area contributed by atoms with E-state index >= 15 is 0 Å². The molecule has 0 fully saturated rings. The van der Waals surface area contributed by atoms with Crippen molar-refractivity contribution in [3.8, 4) is 0 Å². The Morgan fingerprint density at radius 2 is 1.93 bits per heavy atom. The van der Waals surface area contributed by atoms with Crippen molar-refractivity contribution in [2.75, 3.05) is 0 Å². The van der Waals surface area contributed by atoms with Gasteiger partial charge < -0.3 is 10.3 Å². The van der Waals surface area contributed by atoms with Crippen LogP contribution in [-0.2, 0) is 36.5 Å². The van der Waals surface area contributed by atoms with Gasteiger partial charge in [0.15, 0.2) is 5.03 Å². The van der Waals surface area contributed by atoms with Crippen LogP contribution in [0.5, 0.6) is 0 Å². The van der Waals surface area contributed by atoms with Gasteiger partial charge in [-0.05, 0) is 41.5 Å². The first-order valence-electron chi connectivity index (χ1n) is 9.81. The zero-order valence-corrected chi connectivity index (χ0v) is 18.5. The Morgan fingerprint density at radius 3 is 2.63 bits per heavy atom. The molecule has 8 heteroatoms. The summed E-state index contributed by atoms with van der Waals surface area (Å²) in [5, 5.41) is 0.0296. The summed E-state index contributed by atoms with van der Waals surface area (Å²) in [7, 11) is -1.90. The number of aryl methyl sites for hydroxylation is 2. The second-order valence-electron chi connectivity index (χ2n) is 7.73. The topological polar surface area (TPSA) is 90.0 Å². The number of fused-ring (bicyclic) bond motifs is 1. The Hall–Kier alpha value is -2.19. The minimum Gasteiger partial charge on any atom is -0.339 e. The smallest absolute Gasteiger partial charge is 0.259 e. The van der Waals surface area contributed by atoms with Crippen molar-refractivity contribution >= 4 is 22.4 Å². The average molecular weight is 447 g/mol. The Kier molecular flexibility index (Phi) is 6.98. The molecule has 2 aromatic carbocycles. The molecule has 30 heavy (non-hydrogen) atoms. The highest BCUT2D eigenvalue weighted by molar-refractivity contribution is 7.89. The number of imidazole rings is 1. The quantitative estimate of drug-likeness (QED) is 0.609. The molecule has 160 valence electrons. The summed E-state index contributed by atoms with van der Waals surface area (Å²) < 4.78 is 29.2. The lowest BCUT2D eigenvalue weighted by Gasteiger charge is -2.32. The van der Waals surface area contributed by atoms with Crippen molar-refractivity contribution in [3.05, 3.63) is 83.3 Å². The van der Waals surface area contributed by atoms with Crippen molar-refractivity contribution in [1.82, 2.24) is 14.3 Å². The van der Waals surface area contributed by atoms with Crippen LogP contribution in [0.2, 0.25) is 0 Å². The van der Waals surface area contributed by atoms with Gasteiger partial charge in [0.05, 0.1) is 6.33 Å². The third-order valence-corrected chi connectivity index (χ3v) is 6.88. The molecule has 6 nitrogen and oxygen atoms in total. The fraction of sp³-hybridized carbons (Fsp3) is 0.318. The maximum atomic E-state index is 12.5. The number of nitrogens with two attached hydrogens (primary N) is 1. The van der Waals surface area contributed by atoms with E-state index in [2.05, 4.69) is 34.0 Å². The van der Waals surface area contributed by atoms with E-state index in [0.29, 0.717) is 0 Å². The molecule has 3 N–H and O–H groups in total. The monoisotopic (exact) mass is 446 g/mol. The molecule has 1 aliphatic carbocycles. The summed E-state index contributed by atoms with van der Waals surface area (Å²) >= 11 is 0. The normalized spacial score (nSPS) is 18.5. The number of aromatic nitrogens is 2. The second-order valence-corrected chi connectivity index (χ2v) is 9.45. The number of halogens is 1. The molecule has 3 aromatic rings. The van der Waals surface area contributed by atoms with Gasteiger partial charge in [0.2, 0.25) is 0 Å². The summed E-state index contributed by atoms with van der Waals surface area (Å²) in [6.45, 7) is 0.222. The van der Waals surface area contributed by atoms with Gasteiger partial charge in [0.1, 0.15) is 0 Å². The largest absolute Gasteiger partial charge is 0.339 e. The van der Waals surface area contributed by atoms with Crippen LogP contribution in [0, 0.1) is 0 Å². The summed E-state index contributed by atoms with van der Waals surface area (Å²) in [5.74, 6) is 0.230. The first-order chi connectivity index (χ1) is 13.9. The molecule has 0 amide bonds. The molecule has 1 aliphatic rings. The zero-order chi connectivity index (χ0) is 20.4. The number of nitrogens with one attached hydrogen (secondary N) is 1. The average Bonchev–Trinajstić information content (AvgIpc) is 3.17. The van der Waals surface area contributed by atoms with Crippen LogP contribution in [0.3, 0.4) is 0 Å². The predicted octanol–water partition coefficient (Wildman–Crippen LogP) is 2.92. The third-order valence-electron chi connectivity index (χ3n) is 5.59. The minimum absolute atomic E-state index is 0. The van der Waals surface area contributed by atoms with Crippen molar-refractivity contribution in [3.63, 3.8) is 0 Å². The zero-order valence-electron chi connectivity index (χ0n) is 16.9. The van der Waals surface area contributed by atoms with Crippen LogP contribution in [0.4, 0.5) is 0 Å². The maximum absolute atomic E-state index is 12.5. The second kappa shape index (κ2) is 9.31. The van der Waals surface area contributed by atoms with Crippen LogP contribution in [0.1, 0.15) is 34.6 Å². The van der Waals surface area contributed by atoms with Crippen LogP contribution < -0.4 is 10.5 Å². The Morgan fingerprint density at radius 1 is 1.17 bits per heavy atom. The first kappa shape index (κ1) is 22.5. The van der Waals surface area contributed by atoms with Crippen LogP contribution in [-0.4, -0.2) is 24.0 Å². The van der Waals surface area contributed by atoms with Gasteiger partial charge in [0, 0.05) is 31.7 Å². The van der Waals surface area contributed by atoms with Crippen molar-refractivity contribution in [2.24, 2.45) is 12.8 Å². The number of nitrogens with zero attached hydrogens (tertiary/aromatic N) is 2. The first-order valence-corrected chi connectivity index (χ1v) is 11.3. The summed E-state index contributed by atoms with van der Waals surface area (Å²) in [6, 6.07) is 16.7. The van der Waals surface area contributed by atoms with Crippen LogP contribution >= 0.6 is 12.4 Å². The van der Waals surface area contributed by atoms with Crippen molar-refractivity contribution in [1.29, 1.82) is 0 Å². The SMILES string of the molecule is Cl.Cn1cnc(S(=O)(=O)NCc2ccc3c(c2)C(Cc2ccccc2)C(N)CC3)c1. The number of sulfonamides is 1. The lowest BCUT2D eigenvalue weighted by molar-refractivity contribution is 0.467. The highest BCUT2D eigenvalue weighted by Gasteiger charge is 2.27. The fourth-order valence-corrected chi connectivity index (χ4v) is 4.99. The van der Waals surface area contributed by atoms with Crippen LogP contribution in [0.15, 0.2) is 66.1 Å². The van der Waals surface area contributed by atoms with Gasteiger partial charge >= 0.3 is 0 Å². The Bertz CT molecular complexity index is 1100. The van der Waals surface area contributed by atoms with Crippen molar-refractivity contribution in [2.45, 2.75) is 42.8 Å².